The number of H-pyrrole nitrogens is 1. The maximum atomic E-state index is 11.9. The summed E-state index contributed by atoms with van der Waals surface area (Å²) in [5.41, 5.74) is 0.739. The number of benzene rings is 1. The number of nitrogens with one attached hydrogen (secondary N) is 2. The minimum Gasteiger partial charge on any atom is -0.302 e. The molecule has 1 aromatic carbocycles. The highest BCUT2D eigenvalue weighted by atomic mass is 35.5. The van der Waals surface area contributed by atoms with E-state index in [1.165, 1.54) is 22.9 Å². The molecule has 0 bridgehead atoms. The van der Waals surface area contributed by atoms with Gasteiger partial charge in [-0.1, -0.05) is 11.6 Å². The van der Waals surface area contributed by atoms with E-state index < -0.39 is 5.63 Å². The molecule has 0 fully saturated rings. The third kappa shape index (κ3) is 2.78. The van der Waals surface area contributed by atoms with Crippen molar-refractivity contribution in [3.8, 4) is 17.1 Å². The number of halogens is 1. The lowest BCUT2D eigenvalue weighted by Crippen LogP contribution is -2.36. The van der Waals surface area contributed by atoms with Crippen molar-refractivity contribution in [3.05, 3.63) is 45.1 Å². The third-order valence-electron chi connectivity index (χ3n) is 2.76. The molecule has 0 saturated carbocycles. The summed E-state index contributed by atoms with van der Waals surface area (Å²) < 4.78 is 6.32. The van der Waals surface area contributed by atoms with E-state index in [9.17, 15) is 9.59 Å². The Labute approximate surface area is 133 Å². The number of thiazole rings is 1. The van der Waals surface area contributed by atoms with Crippen LogP contribution in [0.5, 0.6) is 0 Å². The van der Waals surface area contributed by atoms with Gasteiger partial charge >= 0.3 is 11.3 Å². The summed E-state index contributed by atoms with van der Waals surface area (Å²) in [7, 11) is 0. The zero-order valence-corrected chi connectivity index (χ0v) is 12.9. The molecule has 0 aliphatic carbocycles. The number of carbonyl (C=O) groups is 1. The average Bonchev–Trinajstić information content (AvgIpc) is 3.05. The smallest absolute Gasteiger partial charge is 0.302 e. The number of hydrogen-bond acceptors (Lipinski definition) is 5. The zero-order valence-electron chi connectivity index (χ0n) is 11.3. The van der Waals surface area contributed by atoms with Gasteiger partial charge in [0.2, 0.25) is 11.6 Å². The Hall–Kier alpha value is -2.45. The van der Waals surface area contributed by atoms with Crippen molar-refractivity contribution in [2.24, 2.45) is 0 Å². The van der Waals surface area contributed by atoms with Gasteiger partial charge in [0.1, 0.15) is 0 Å². The Morgan fingerprint density at radius 2 is 2.14 bits per heavy atom. The van der Waals surface area contributed by atoms with E-state index in [1.54, 1.807) is 29.6 Å². The van der Waals surface area contributed by atoms with Crippen LogP contribution in [-0.2, 0) is 4.79 Å². The van der Waals surface area contributed by atoms with Crippen LogP contribution in [0, 0.1) is 0 Å². The van der Waals surface area contributed by atoms with Crippen molar-refractivity contribution < 1.29 is 14.0 Å². The molecule has 0 unspecified atom stereocenters. The largest absolute Gasteiger partial charge is 0.437 e. The Morgan fingerprint density at radius 3 is 2.82 bits per heavy atom. The normalized spacial score (nSPS) is 10.6. The summed E-state index contributed by atoms with van der Waals surface area (Å²) in [5, 5.41) is 7.75. The highest BCUT2D eigenvalue weighted by molar-refractivity contribution is 7.14. The molecular formula is C13H10ClN4O3S+. The van der Waals surface area contributed by atoms with E-state index in [0.717, 1.165) is 0 Å². The van der Waals surface area contributed by atoms with E-state index in [2.05, 4.69) is 15.6 Å². The van der Waals surface area contributed by atoms with Crippen molar-refractivity contribution in [3.63, 3.8) is 0 Å². The standard InChI is InChI=1S/C13H9ClN4O3S/c1-7(19)15-13-16-10(6-22-13)11-12(20)21-17-18(11)9-4-2-8(14)3-5-9/h2-6H,1H3,(H-,15,16,17,19,20)/p+1. The highest BCUT2D eigenvalue weighted by Gasteiger charge is 2.27. The van der Waals surface area contributed by atoms with Crippen LogP contribution in [-0.4, -0.2) is 16.2 Å². The van der Waals surface area contributed by atoms with Crippen molar-refractivity contribution in [1.82, 2.24) is 10.3 Å². The summed E-state index contributed by atoms with van der Waals surface area (Å²) in [6, 6.07) is 6.86. The van der Waals surface area contributed by atoms with Crippen molar-refractivity contribution in [2.75, 3.05) is 5.32 Å². The number of nitrogens with zero attached hydrogens (tertiary/aromatic N) is 2. The van der Waals surface area contributed by atoms with Crippen LogP contribution in [0.4, 0.5) is 5.13 Å². The van der Waals surface area contributed by atoms with Crippen LogP contribution < -0.4 is 15.6 Å². The number of amides is 1. The molecule has 0 aliphatic heterocycles. The molecule has 0 atom stereocenters. The summed E-state index contributed by atoms with van der Waals surface area (Å²) >= 11 is 7.08. The molecule has 1 amide bonds. The van der Waals surface area contributed by atoms with E-state index in [4.69, 9.17) is 16.1 Å². The van der Waals surface area contributed by atoms with Gasteiger partial charge in [0, 0.05) is 29.5 Å². The van der Waals surface area contributed by atoms with Crippen LogP contribution in [0.15, 0.2) is 39.0 Å². The first kappa shape index (κ1) is 14.5. The predicted molar refractivity (Wildman–Crippen MR) is 81.3 cm³/mol. The Bertz CT molecular complexity index is 881. The minimum absolute atomic E-state index is 0.229. The summed E-state index contributed by atoms with van der Waals surface area (Å²) in [6.45, 7) is 1.39. The Kier molecular flexibility index (Phi) is 3.78. The van der Waals surface area contributed by atoms with Crippen molar-refractivity contribution in [1.29, 1.82) is 0 Å². The summed E-state index contributed by atoms with van der Waals surface area (Å²) in [5.74, 6) is -0.229. The van der Waals surface area contributed by atoms with Gasteiger partial charge in [0.15, 0.2) is 10.8 Å². The van der Waals surface area contributed by atoms with Crippen LogP contribution in [0.3, 0.4) is 0 Å². The maximum Gasteiger partial charge on any atom is 0.437 e. The molecule has 0 saturated heterocycles. The monoisotopic (exact) mass is 337 g/mol. The van der Waals surface area contributed by atoms with Gasteiger partial charge < -0.3 is 5.32 Å². The number of rotatable bonds is 3. The molecule has 3 aromatic rings. The molecule has 0 aliphatic rings. The first-order valence-corrected chi connectivity index (χ1v) is 7.43. The van der Waals surface area contributed by atoms with Gasteiger partial charge in [-0.3, -0.25) is 9.32 Å². The molecule has 2 N–H and O–H groups in total. The first-order valence-electron chi connectivity index (χ1n) is 6.17. The molecule has 2 heterocycles. The molecule has 22 heavy (non-hydrogen) atoms. The second kappa shape index (κ2) is 5.74. The fourth-order valence-corrected chi connectivity index (χ4v) is 2.72. The SMILES string of the molecule is CC(=O)Nc1nc(-c2c(=O)o[nH][n+]2-c2ccc(Cl)cc2)cs1. The van der Waals surface area contributed by atoms with Gasteiger partial charge in [0.05, 0.1) is 0 Å². The number of anilines is 1. The second-order valence-electron chi connectivity index (χ2n) is 4.36. The Morgan fingerprint density at radius 1 is 1.41 bits per heavy atom. The van der Waals surface area contributed by atoms with E-state index in [-0.39, 0.29) is 11.6 Å². The number of aromatic nitrogens is 3. The summed E-state index contributed by atoms with van der Waals surface area (Å²) in [6.07, 6.45) is 0. The molecular weight excluding hydrogens is 328 g/mol. The summed E-state index contributed by atoms with van der Waals surface area (Å²) in [4.78, 5) is 27.2. The Balaban J connectivity index is 2.06. The quantitative estimate of drug-likeness (QED) is 0.715. The molecule has 2 aromatic heterocycles. The zero-order chi connectivity index (χ0) is 15.7. The van der Waals surface area contributed by atoms with Crippen LogP contribution in [0.2, 0.25) is 5.02 Å². The number of hydrogen-bond donors (Lipinski definition) is 2. The van der Waals surface area contributed by atoms with Gasteiger partial charge in [0.25, 0.3) is 0 Å². The average molecular weight is 338 g/mol. The van der Waals surface area contributed by atoms with Gasteiger partial charge in [-0.15, -0.1) is 11.3 Å². The molecule has 3 rings (SSSR count). The van der Waals surface area contributed by atoms with Crippen molar-refractivity contribution in [2.45, 2.75) is 6.92 Å². The van der Waals surface area contributed by atoms with E-state index >= 15 is 0 Å². The lowest BCUT2D eigenvalue weighted by Gasteiger charge is -1.93. The van der Waals surface area contributed by atoms with E-state index in [1.807, 2.05) is 0 Å². The second-order valence-corrected chi connectivity index (χ2v) is 5.65. The molecule has 112 valence electrons. The minimum atomic E-state index is -0.561. The molecule has 0 spiro atoms. The molecule has 7 nitrogen and oxygen atoms in total. The van der Waals surface area contributed by atoms with Crippen LogP contribution in [0.1, 0.15) is 6.92 Å². The maximum absolute atomic E-state index is 11.9. The van der Waals surface area contributed by atoms with Crippen molar-refractivity contribution >= 4 is 34.0 Å². The molecule has 9 heteroatoms. The lowest BCUT2D eigenvalue weighted by molar-refractivity contribution is -0.660. The first-order chi connectivity index (χ1) is 10.5. The number of aromatic amines is 1. The third-order valence-corrected chi connectivity index (χ3v) is 3.77. The molecule has 0 radical (unpaired) electrons. The van der Waals surface area contributed by atoms with Gasteiger partial charge in [-0.25, -0.2) is 9.78 Å². The predicted octanol–water partition coefficient (Wildman–Crippen LogP) is 1.98. The highest BCUT2D eigenvalue weighted by Crippen LogP contribution is 2.21. The topological polar surface area (TPSA) is 91.9 Å². The fourth-order valence-electron chi connectivity index (χ4n) is 1.85. The fraction of sp³-hybridized carbons (Fsp3) is 0.0769. The van der Waals surface area contributed by atoms with Gasteiger partial charge in [-0.2, -0.15) is 0 Å². The van der Waals surface area contributed by atoms with Crippen LogP contribution in [0.25, 0.3) is 17.1 Å². The van der Waals surface area contributed by atoms with E-state index in [0.29, 0.717) is 21.5 Å². The lowest BCUT2D eigenvalue weighted by atomic mass is 10.3. The van der Waals surface area contributed by atoms with Gasteiger partial charge in [-0.05, 0) is 22.1 Å². The van der Waals surface area contributed by atoms with Crippen LogP contribution >= 0.6 is 22.9 Å². The number of carbonyl (C=O) groups excluding carboxylic acids is 1.